The molecule has 108 valence electrons. The molecule has 0 aliphatic heterocycles. The lowest BCUT2D eigenvalue weighted by Crippen LogP contribution is -2.22. The topological polar surface area (TPSA) is 110 Å². The smallest absolute Gasteiger partial charge is 0.165 e. The van der Waals surface area contributed by atoms with Crippen molar-refractivity contribution in [3.63, 3.8) is 0 Å². The van der Waals surface area contributed by atoms with Crippen molar-refractivity contribution in [3.8, 4) is 0 Å². The Bertz CT molecular complexity index is 625. The fourth-order valence-corrected chi connectivity index (χ4v) is 3.64. The summed E-state index contributed by atoms with van der Waals surface area (Å²) in [6.07, 6.45) is 5.83. The van der Waals surface area contributed by atoms with E-state index in [0.717, 1.165) is 25.0 Å². The summed E-state index contributed by atoms with van der Waals surface area (Å²) in [6.45, 7) is 2.86. The number of nitrogens with two attached hydrogens (primary N) is 1. The average Bonchev–Trinajstić information content (AvgIpc) is 3.05. The molecule has 1 aliphatic rings. The van der Waals surface area contributed by atoms with Gasteiger partial charge in [0.05, 0.1) is 6.33 Å². The van der Waals surface area contributed by atoms with Gasteiger partial charge in [-0.25, -0.2) is 15.0 Å². The van der Waals surface area contributed by atoms with Crippen LogP contribution in [0, 0.1) is 11.3 Å². The third-order valence-corrected chi connectivity index (χ3v) is 5.16. The van der Waals surface area contributed by atoms with E-state index in [1.165, 1.54) is 6.33 Å². The van der Waals surface area contributed by atoms with Gasteiger partial charge in [-0.1, -0.05) is 6.92 Å². The fourth-order valence-electron chi connectivity index (χ4n) is 2.76. The highest BCUT2D eigenvalue weighted by molar-refractivity contribution is 7.45. The Labute approximate surface area is 117 Å². The van der Waals surface area contributed by atoms with Crippen LogP contribution in [0.15, 0.2) is 12.7 Å². The minimum atomic E-state index is -1.84. The van der Waals surface area contributed by atoms with Gasteiger partial charge in [0.1, 0.15) is 11.8 Å². The van der Waals surface area contributed by atoms with Gasteiger partial charge in [-0.05, 0) is 24.2 Å². The normalized spacial score (nSPS) is 18.6. The van der Waals surface area contributed by atoms with Crippen molar-refractivity contribution in [2.24, 2.45) is 11.3 Å². The molecule has 1 unspecified atom stereocenters. The second-order valence-electron chi connectivity index (χ2n) is 5.62. The number of imidazole rings is 1. The van der Waals surface area contributed by atoms with Crippen molar-refractivity contribution in [2.45, 2.75) is 26.3 Å². The van der Waals surface area contributed by atoms with Crippen molar-refractivity contribution < 1.29 is 9.79 Å². The highest BCUT2D eigenvalue weighted by atomic mass is 31.2. The summed E-state index contributed by atoms with van der Waals surface area (Å²) in [5.41, 5.74) is 7.28. The first-order valence-corrected chi connectivity index (χ1v) is 8.02. The summed E-state index contributed by atoms with van der Waals surface area (Å²) in [7, 11) is -1.84. The number of anilines is 1. The molecular weight excluding hydrogens is 277 g/mol. The SMILES string of the molecule is CC(CP(O)O)C1(Cn2cnc3c(N)ncnc32)CC1. The minimum absolute atomic E-state index is 0.124. The molecular formula is C12H18N5O2P. The molecule has 8 heteroatoms. The largest absolute Gasteiger partial charge is 0.382 e. The molecule has 3 rings (SSSR count). The number of hydrogen-bond acceptors (Lipinski definition) is 6. The molecule has 0 aromatic carbocycles. The van der Waals surface area contributed by atoms with E-state index in [-0.39, 0.29) is 11.3 Å². The van der Waals surface area contributed by atoms with Crippen LogP contribution in [-0.2, 0) is 6.54 Å². The zero-order valence-electron chi connectivity index (χ0n) is 11.3. The van der Waals surface area contributed by atoms with E-state index in [1.807, 2.05) is 4.57 Å². The monoisotopic (exact) mass is 295 g/mol. The maximum atomic E-state index is 9.21. The van der Waals surface area contributed by atoms with E-state index < -0.39 is 8.38 Å². The van der Waals surface area contributed by atoms with Crippen LogP contribution in [0.1, 0.15) is 19.8 Å². The molecule has 2 aromatic rings. The third kappa shape index (κ3) is 2.37. The average molecular weight is 295 g/mol. The van der Waals surface area contributed by atoms with Crippen molar-refractivity contribution in [1.29, 1.82) is 0 Å². The first-order valence-electron chi connectivity index (χ1n) is 6.58. The molecule has 1 saturated carbocycles. The molecule has 1 fully saturated rings. The highest BCUT2D eigenvalue weighted by Crippen LogP contribution is 2.55. The number of aromatic nitrogens is 4. The lowest BCUT2D eigenvalue weighted by atomic mass is 9.92. The van der Waals surface area contributed by atoms with Gasteiger partial charge in [-0.3, -0.25) is 0 Å². The predicted molar refractivity (Wildman–Crippen MR) is 76.8 cm³/mol. The lowest BCUT2D eigenvalue weighted by Gasteiger charge is -2.24. The quantitative estimate of drug-likeness (QED) is 0.713. The Kier molecular flexibility index (Phi) is 3.36. The summed E-state index contributed by atoms with van der Waals surface area (Å²) < 4.78 is 1.99. The molecule has 1 aliphatic carbocycles. The zero-order valence-corrected chi connectivity index (χ0v) is 12.2. The van der Waals surface area contributed by atoms with Crippen LogP contribution in [-0.4, -0.2) is 35.5 Å². The van der Waals surface area contributed by atoms with Crippen LogP contribution >= 0.6 is 8.38 Å². The second kappa shape index (κ2) is 4.91. The van der Waals surface area contributed by atoms with E-state index in [1.54, 1.807) is 6.33 Å². The Morgan fingerprint density at radius 2 is 2.15 bits per heavy atom. The maximum absolute atomic E-state index is 9.21. The lowest BCUT2D eigenvalue weighted by molar-refractivity contribution is 0.306. The van der Waals surface area contributed by atoms with Gasteiger partial charge < -0.3 is 20.1 Å². The van der Waals surface area contributed by atoms with E-state index in [4.69, 9.17) is 5.73 Å². The van der Waals surface area contributed by atoms with Gasteiger partial charge in [0.2, 0.25) is 0 Å². The van der Waals surface area contributed by atoms with E-state index in [2.05, 4.69) is 21.9 Å². The molecule has 0 radical (unpaired) electrons. The first kappa shape index (κ1) is 13.7. The maximum Gasteiger partial charge on any atom is 0.165 e. The Balaban J connectivity index is 1.85. The number of nitrogen functional groups attached to an aromatic ring is 1. The summed E-state index contributed by atoms with van der Waals surface area (Å²) in [5.74, 6) is 0.654. The van der Waals surface area contributed by atoms with Crippen LogP contribution in [0.4, 0.5) is 5.82 Å². The molecule has 0 amide bonds. The van der Waals surface area contributed by atoms with Crippen LogP contribution in [0.3, 0.4) is 0 Å². The van der Waals surface area contributed by atoms with E-state index in [9.17, 15) is 9.79 Å². The van der Waals surface area contributed by atoms with Gasteiger partial charge >= 0.3 is 0 Å². The third-order valence-electron chi connectivity index (χ3n) is 4.29. The highest BCUT2D eigenvalue weighted by Gasteiger charge is 2.48. The second-order valence-corrected chi connectivity index (χ2v) is 6.73. The van der Waals surface area contributed by atoms with Crippen molar-refractivity contribution in [1.82, 2.24) is 19.5 Å². The number of nitrogens with zero attached hydrogens (tertiary/aromatic N) is 4. The Morgan fingerprint density at radius 1 is 1.40 bits per heavy atom. The number of hydrogen-bond donors (Lipinski definition) is 3. The predicted octanol–water partition coefficient (Wildman–Crippen LogP) is 1.12. The van der Waals surface area contributed by atoms with Crippen LogP contribution in [0.2, 0.25) is 0 Å². The molecule has 0 bridgehead atoms. The van der Waals surface area contributed by atoms with Crippen LogP contribution in [0.5, 0.6) is 0 Å². The van der Waals surface area contributed by atoms with Gasteiger partial charge in [-0.15, -0.1) is 0 Å². The first-order chi connectivity index (χ1) is 9.52. The Morgan fingerprint density at radius 3 is 2.80 bits per heavy atom. The van der Waals surface area contributed by atoms with Crippen molar-refractivity contribution in [2.75, 3.05) is 11.9 Å². The van der Waals surface area contributed by atoms with Gasteiger partial charge in [0.15, 0.2) is 19.8 Å². The minimum Gasteiger partial charge on any atom is -0.382 e. The van der Waals surface area contributed by atoms with E-state index >= 15 is 0 Å². The summed E-state index contributed by atoms with van der Waals surface area (Å²) in [5, 5.41) is 0. The van der Waals surface area contributed by atoms with Crippen molar-refractivity contribution >= 4 is 25.4 Å². The number of fused-ring (bicyclic) bond motifs is 1. The van der Waals surface area contributed by atoms with E-state index in [0.29, 0.717) is 17.5 Å². The molecule has 4 N–H and O–H groups in total. The van der Waals surface area contributed by atoms with Gasteiger partial charge in [0, 0.05) is 12.7 Å². The molecule has 20 heavy (non-hydrogen) atoms. The van der Waals surface area contributed by atoms with Crippen molar-refractivity contribution in [3.05, 3.63) is 12.7 Å². The molecule has 7 nitrogen and oxygen atoms in total. The molecule has 0 saturated heterocycles. The summed E-state index contributed by atoms with van der Waals surface area (Å²) >= 11 is 0. The molecule has 1 atom stereocenters. The molecule has 2 heterocycles. The van der Waals surface area contributed by atoms with Gasteiger partial charge in [-0.2, -0.15) is 0 Å². The summed E-state index contributed by atoms with van der Waals surface area (Å²) in [6, 6.07) is 0. The van der Waals surface area contributed by atoms with Gasteiger partial charge in [0.25, 0.3) is 0 Å². The fraction of sp³-hybridized carbons (Fsp3) is 0.583. The number of rotatable bonds is 5. The summed E-state index contributed by atoms with van der Waals surface area (Å²) in [4.78, 5) is 30.9. The molecule has 2 aromatic heterocycles. The standard InChI is InChI=1S/C12H18N5O2P/c1-8(4-20(18)19)12(2-3-12)5-17-7-16-9-10(13)14-6-15-11(9)17/h6-8,18-19H,2-5H2,1H3,(H2,13,14,15). The Hall–Kier alpha value is -1.30. The van der Waals surface area contributed by atoms with Crippen LogP contribution < -0.4 is 5.73 Å². The molecule has 0 spiro atoms. The zero-order chi connectivity index (χ0) is 14.3. The van der Waals surface area contributed by atoms with Crippen LogP contribution in [0.25, 0.3) is 11.2 Å².